The van der Waals surface area contributed by atoms with E-state index in [4.69, 9.17) is 9.47 Å². The Kier molecular flexibility index (Phi) is 7.84. The van der Waals surface area contributed by atoms with Crippen molar-refractivity contribution in [1.82, 2.24) is 4.72 Å². The molecular weight excluding hydrogens is 452 g/mol. The largest absolute Gasteiger partial charge is 0.484 e. The molecule has 0 atom stereocenters. The molecule has 170 valence electrons. The van der Waals surface area contributed by atoms with Gasteiger partial charge in [-0.05, 0) is 60.3 Å². The number of ether oxygens (including phenoxy) is 2. The van der Waals surface area contributed by atoms with E-state index in [2.05, 4.69) is 10.0 Å². The lowest BCUT2D eigenvalue weighted by Crippen LogP contribution is -2.24. The fourth-order valence-electron chi connectivity index (χ4n) is 2.85. The highest BCUT2D eigenvalue weighted by Gasteiger charge is 2.14. The summed E-state index contributed by atoms with van der Waals surface area (Å²) in [5.74, 6) is -0.393. The van der Waals surface area contributed by atoms with E-state index < -0.39 is 16.0 Å². The van der Waals surface area contributed by atoms with Crippen molar-refractivity contribution in [2.45, 2.75) is 24.7 Å². The number of amides is 1. The number of anilines is 1. The van der Waals surface area contributed by atoms with E-state index in [0.29, 0.717) is 22.9 Å². The summed E-state index contributed by atoms with van der Waals surface area (Å²) in [5.41, 5.74) is 0.569. The van der Waals surface area contributed by atoms with Crippen molar-refractivity contribution in [1.29, 1.82) is 0 Å². The summed E-state index contributed by atoms with van der Waals surface area (Å²) in [6, 6.07) is 12.9. The first kappa shape index (κ1) is 23.7. The van der Waals surface area contributed by atoms with Crippen LogP contribution in [0.3, 0.4) is 0 Å². The molecular formula is C22H24N2O6S2. The molecule has 0 bridgehead atoms. The Morgan fingerprint density at radius 2 is 1.81 bits per heavy atom. The van der Waals surface area contributed by atoms with Crippen molar-refractivity contribution in [2.24, 2.45) is 0 Å². The smallest absolute Gasteiger partial charge is 0.348 e. The zero-order valence-corrected chi connectivity index (χ0v) is 19.3. The lowest BCUT2D eigenvalue weighted by molar-refractivity contribution is -0.118. The molecule has 3 rings (SSSR count). The van der Waals surface area contributed by atoms with Crippen LogP contribution in [0.4, 0.5) is 5.69 Å². The van der Waals surface area contributed by atoms with Gasteiger partial charge in [-0.15, -0.1) is 11.3 Å². The number of thiophene rings is 1. The molecule has 0 saturated heterocycles. The second kappa shape index (κ2) is 10.6. The van der Waals surface area contributed by atoms with Crippen LogP contribution in [0.15, 0.2) is 53.4 Å². The van der Waals surface area contributed by atoms with E-state index in [9.17, 15) is 18.0 Å². The van der Waals surface area contributed by atoms with Gasteiger partial charge in [-0.3, -0.25) is 4.79 Å². The molecule has 32 heavy (non-hydrogen) atoms. The van der Waals surface area contributed by atoms with Crippen LogP contribution in [0, 0.1) is 0 Å². The Morgan fingerprint density at radius 3 is 2.50 bits per heavy atom. The van der Waals surface area contributed by atoms with E-state index in [1.54, 1.807) is 18.2 Å². The molecule has 0 saturated carbocycles. The fraction of sp³-hybridized carbons (Fsp3) is 0.273. The minimum Gasteiger partial charge on any atom is -0.484 e. The Morgan fingerprint density at radius 1 is 1.06 bits per heavy atom. The van der Waals surface area contributed by atoms with Gasteiger partial charge in [-0.2, -0.15) is 0 Å². The standard InChI is InChI=1S/C22H24N2O6S2/c1-3-4-11-23-32(27,28)18-8-6-17(7-9-18)30-14-21(25)24-16-5-10-19-15(12-16)13-20(31-19)22(26)29-2/h5-10,12-13,23H,3-4,11,14H2,1-2H3,(H,24,25). The number of hydrogen-bond acceptors (Lipinski definition) is 7. The maximum Gasteiger partial charge on any atom is 0.348 e. The Balaban J connectivity index is 1.56. The van der Waals surface area contributed by atoms with E-state index in [0.717, 1.165) is 22.9 Å². The van der Waals surface area contributed by atoms with Gasteiger partial charge in [0.2, 0.25) is 10.0 Å². The lowest BCUT2D eigenvalue weighted by atomic mass is 10.2. The number of carbonyl (C=O) groups excluding carboxylic acids is 2. The number of carbonyl (C=O) groups is 2. The van der Waals surface area contributed by atoms with Crippen LogP contribution in [0.25, 0.3) is 10.1 Å². The number of benzene rings is 2. The maximum atomic E-state index is 12.2. The van der Waals surface area contributed by atoms with E-state index in [1.807, 2.05) is 13.0 Å². The SMILES string of the molecule is CCCCNS(=O)(=O)c1ccc(OCC(=O)Nc2ccc3sc(C(=O)OC)cc3c2)cc1. The summed E-state index contributed by atoms with van der Waals surface area (Å²) in [6.07, 6.45) is 1.66. The van der Waals surface area contributed by atoms with E-state index in [-0.39, 0.29) is 17.4 Å². The molecule has 10 heteroatoms. The molecule has 8 nitrogen and oxygen atoms in total. The Hall–Kier alpha value is -2.95. The van der Waals surface area contributed by atoms with Gasteiger partial charge in [0.15, 0.2) is 6.61 Å². The number of nitrogens with one attached hydrogen (secondary N) is 2. The minimum atomic E-state index is -3.56. The number of methoxy groups -OCH3 is 1. The summed E-state index contributed by atoms with van der Waals surface area (Å²) >= 11 is 1.31. The van der Waals surface area contributed by atoms with Crippen LogP contribution in [0.5, 0.6) is 5.75 Å². The normalized spacial score (nSPS) is 11.3. The van der Waals surface area contributed by atoms with E-state index in [1.165, 1.54) is 42.7 Å². The zero-order chi connectivity index (χ0) is 23.1. The molecule has 0 aliphatic rings. The number of hydrogen-bond donors (Lipinski definition) is 2. The van der Waals surface area contributed by atoms with Gasteiger partial charge in [0.25, 0.3) is 5.91 Å². The average molecular weight is 477 g/mol. The average Bonchev–Trinajstić information content (AvgIpc) is 3.21. The van der Waals surface area contributed by atoms with Gasteiger partial charge in [0, 0.05) is 16.9 Å². The first-order chi connectivity index (χ1) is 15.3. The third kappa shape index (κ3) is 6.06. The van der Waals surface area contributed by atoms with Crippen LogP contribution >= 0.6 is 11.3 Å². The molecule has 1 heterocycles. The quantitative estimate of drug-likeness (QED) is 0.340. The monoisotopic (exact) mass is 476 g/mol. The molecule has 3 aromatic rings. The van der Waals surface area contributed by atoms with Crippen LogP contribution in [0.2, 0.25) is 0 Å². The summed E-state index contributed by atoms with van der Waals surface area (Å²) in [6.45, 7) is 2.13. The molecule has 1 aromatic heterocycles. The highest BCUT2D eigenvalue weighted by molar-refractivity contribution is 7.89. The van der Waals surface area contributed by atoms with Crippen molar-refractivity contribution in [3.8, 4) is 5.75 Å². The highest BCUT2D eigenvalue weighted by Crippen LogP contribution is 2.28. The molecule has 0 unspecified atom stereocenters. The van der Waals surface area contributed by atoms with Gasteiger partial charge in [-0.25, -0.2) is 17.9 Å². The second-order valence-electron chi connectivity index (χ2n) is 6.91. The predicted octanol–water partition coefficient (Wildman–Crippen LogP) is 3.78. The van der Waals surface area contributed by atoms with Gasteiger partial charge in [-0.1, -0.05) is 13.3 Å². The van der Waals surface area contributed by atoms with Gasteiger partial charge in [0.05, 0.1) is 12.0 Å². The topological polar surface area (TPSA) is 111 Å². The molecule has 2 N–H and O–H groups in total. The first-order valence-corrected chi connectivity index (χ1v) is 12.3. The maximum absolute atomic E-state index is 12.2. The summed E-state index contributed by atoms with van der Waals surface area (Å²) < 4.78 is 38.0. The number of fused-ring (bicyclic) bond motifs is 1. The fourth-order valence-corrected chi connectivity index (χ4v) is 4.89. The van der Waals surface area contributed by atoms with Crippen molar-refractivity contribution in [2.75, 3.05) is 25.6 Å². The summed E-state index contributed by atoms with van der Waals surface area (Å²) in [5, 5.41) is 3.56. The molecule has 1 amide bonds. The van der Waals surface area contributed by atoms with Crippen molar-refractivity contribution >= 4 is 49.0 Å². The third-order valence-corrected chi connectivity index (χ3v) is 7.09. The summed E-state index contributed by atoms with van der Waals surface area (Å²) in [7, 11) is -2.23. The van der Waals surface area contributed by atoms with Crippen LogP contribution < -0.4 is 14.8 Å². The van der Waals surface area contributed by atoms with Gasteiger partial charge < -0.3 is 14.8 Å². The Bertz CT molecular complexity index is 1200. The van der Waals surface area contributed by atoms with Crippen molar-refractivity contribution < 1.29 is 27.5 Å². The zero-order valence-electron chi connectivity index (χ0n) is 17.7. The molecule has 0 radical (unpaired) electrons. The van der Waals surface area contributed by atoms with Gasteiger partial charge in [0.1, 0.15) is 10.6 Å². The third-order valence-electron chi connectivity index (χ3n) is 4.51. The first-order valence-electron chi connectivity index (χ1n) is 9.96. The number of esters is 1. The van der Waals surface area contributed by atoms with Gasteiger partial charge >= 0.3 is 5.97 Å². The van der Waals surface area contributed by atoms with Crippen molar-refractivity contribution in [3.05, 3.63) is 53.4 Å². The number of rotatable bonds is 10. The molecule has 2 aromatic carbocycles. The predicted molar refractivity (Wildman–Crippen MR) is 124 cm³/mol. The molecule has 0 spiro atoms. The molecule has 0 fully saturated rings. The molecule has 0 aliphatic carbocycles. The van der Waals surface area contributed by atoms with Crippen LogP contribution in [-0.4, -0.2) is 40.6 Å². The summed E-state index contributed by atoms with van der Waals surface area (Å²) in [4.78, 5) is 24.5. The number of unbranched alkanes of at least 4 members (excludes halogenated alkanes) is 1. The van der Waals surface area contributed by atoms with Crippen LogP contribution in [-0.2, 0) is 19.6 Å². The number of sulfonamides is 1. The van der Waals surface area contributed by atoms with E-state index >= 15 is 0 Å². The Labute approximate surface area is 190 Å². The highest BCUT2D eigenvalue weighted by atomic mass is 32.2. The second-order valence-corrected chi connectivity index (χ2v) is 9.77. The lowest BCUT2D eigenvalue weighted by Gasteiger charge is -2.09. The van der Waals surface area contributed by atoms with Crippen molar-refractivity contribution in [3.63, 3.8) is 0 Å². The van der Waals surface area contributed by atoms with Crippen LogP contribution in [0.1, 0.15) is 29.4 Å². The minimum absolute atomic E-state index is 0.140. The molecule has 0 aliphatic heterocycles.